The van der Waals surface area contributed by atoms with Crippen LogP contribution in [-0.4, -0.2) is 39.3 Å². The summed E-state index contributed by atoms with van der Waals surface area (Å²) in [7, 11) is 0. The zero-order valence-electron chi connectivity index (χ0n) is 9.24. The van der Waals surface area contributed by atoms with Crippen LogP contribution in [0.1, 0.15) is 12.2 Å². The number of rotatable bonds is 3. The molecule has 0 spiro atoms. The number of hydrogen-bond donors (Lipinski definition) is 1. The molecular formula is C11H13N3O3. The van der Waals surface area contributed by atoms with E-state index in [9.17, 15) is 5.11 Å². The molecule has 1 aliphatic heterocycles. The zero-order valence-corrected chi connectivity index (χ0v) is 9.24. The molecule has 0 aromatic carbocycles. The second-order valence-corrected chi connectivity index (χ2v) is 4.17. The number of hydrogen-bond acceptors (Lipinski definition) is 6. The lowest BCUT2D eigenvalue weighted by molar-refractivity contribution is 0.173. The molecule has 90 valence electrons. The molecule has 1 saturated heterocycles. The van der Waals surface area contributed by atoms with Crippen molar-refractivity contribution in [1.82, 2.24) is 15.0 Å². The lowest BCUT2D eigenvalue weighted by Gasteiger charge is -2.10. The van der Waals surface area contributed by atoms with Crippen LogP contribution in [0.5, 0.6) is 0 Å². The first-order valence-corrected chi connectivity index (χ1v) is 5.58. The van der Waals surface area contributed by atoms with Gasteiger partial charge in [0.25, 0.3) is 5.89 Å². The van der Waals surface area contributed by atoms with E-state index >= 15 is 0 Å². The standard InChI is InChI=1S/C11H13N3O3/c15-8-3-4-14(6-8)7-10-12-11(17-13-10)9-2-1-5-16-9/h1-2,5,8,15H,3-4,6-7H2. The van der Waals surface area contributed by atoms with Gasteiger partial charge in [0.15, 0.2) is 11.6 Å². The van der Waals surface area contributed by atoms with Gasteiger partial charge < -0.3 is 14.0 Å². The number of nitrogens with zero attached hydrogens (tertiary/aromatic N) is 3. The maximum absolute atomic E-state index is 9.41. The van der Waals surface area contributed by atoms with Crippen LogP contribution < -0.4 is 0 Å². The molecule has 1 fully saturated rings. The second kappa shape index (κ2) is 4.31. The van der Waals surface area contributed by atoms with Crippen molar-refractivity contribution in [2.24, 2.45) is 0 Å². The van der Waals surface area contributed by atoms with E-state index in [0.717, 1.165) is 13.0 Å². The third kappa shape index (κ3) is 2.22. The molecule has 3 heterocycles. The van der Waals surface area contributed by atoms with E-state index in [-0.39, 0.29) is 6.10 Å². The van der Waals surface area contributed by atoms with Crippen molar-refractivity contribution in [3.63, 3.8) is 0 Å². The fraction of sp³-hybridized carbons (Fsp3) is 0.455. The summed E-state index contributed by atoms with van der Waals surface area (Å²) >= 11 is 0. The van der Waals surface area contributed by atoms with Gasteiger partial charge in [-0.15, -0.1) is 0 Å². The van der Waals surface area contributed by atoms with E-state index in [1.54, 1.807) is 18.4 Å². The highest BCUT2D eigenvalue weighted by molar-refractivity contribution is 5.42. The van der Waals surface area contributed by atoms with Gasteiger partial charge in [-0.25, -0.2) is 0 Å². The lowest BCUT2D eigenvalue weighted by Crippen LogP contribution is -2.22. The van der Waals surface area contributed by atoms with Gasteiger partial charge in [-0.1, -0.05) is 5.16 Å². The van der Waals surface area contributed by atoms with E-state index in [1.807, 2.05) is 0 Å². The molecule has 0 saturated carbocycles. The van der Waals surface area contributed by atoms with Gasteiger partial charge in [-0.3, -0.25) is 4.90 Å². The van der Waals surface area contributed by atoms with Crippen molar-refractivity contribution in [1.29, 1.82) is 0 Å². The summed E-state index contributed by atoms with van der Waals surface area (Å²) in [6.45, 7) is 2.14. The maximum atomic E-state index is 9.41. The summed E-state index contributed by atoms with van der Waals surface area (Å²) in [5.41, 5.74) is 0. The van der Waals surface area contributed by atoms with Crippen LogP contribution in [0.3, 0.4) is 0 Å². The van der Waals surface area contributed by atoms with Crippen LogP contribution >= 0.6 is 0 Å². The minimum atomic E-state index is -0.230. The monoisotopic (exact) mass is 235 g/mol. The predicted molar refractivity (Wildman–Crippen MR) is 57.9 cm³/mol. The molecule has 17 heavy (non-hydrogen) atoms. The molecule has 3 rings (SSSR count). The van der Waals surface area contributed by atoms with E-state index in [0.29, 0.717) is 30.6 Å². The zero-order chi connectivity index (χ0) is 11.7. The summed E-state index contributed by atoms with van der Waals surface area (Å²) in [6.07, 6.45) is 2.14. The molecule has 0 radical (unpaired) electrons. The first-order chi connectivity index (χ1) is 8.31. The Morgan fingerprint density at radius 3 is 3.18 bits per heavy atom. The largest absolute Gasteiger partial charge is 0.459 e. The van der Waals surface area contributed by atoms with Crippen molar-refractivity contribution in [3.8, 4) is 11.7 Å². The molecule has 1 unspecified atom stereocenters. The average molecular weight is 235 g/mol. The fourth-order valence-electron chi connectivity index (χ4n) is 1.97. The van der Waals surface area contributed by atoms with Gasteiger partial charge in [0.2, 0.25) is 0 Å². The Morgan fingerprint density at radius 2 is 2.47 bits per heavy atom. The smallest absolute Gasteiger partial charge is 0.293 e. The molecule has 1 aliphatic rings. The van der Waals surface area contributed by atoms with Crippen molar-refractivity contribution in [2.75, 3.05) is 13.1 Å². The Bertz CT molecular complexity index is 480. The number of likely N-dealkylation sites (tertiary alicyclic amines) is 1. The molecule has 1 atom stereocenters. The van der Waals surface area contributed by atoms with E-state index < -0.39 is 0 Å². The molecule has 2 aromatic heterocycles. The summed E-state index contributed by atoms with van der Waals surface area (Å²) in [6, 6.07) is 3.55. The molecule has 2 aromatic rings. The topological polar surface area (TPSA) is 75.5 Å². The van der Waals surface area contributed by atoms with Gasteiger partial charge in [0.05, 0.1) is 18.9 Å². The quantitative estimate of drug-likeness (QED) is 0.851. The molecule has 0 bridgehead atoms. The van der Waals surface area contributed by atoms with Gasteiger partial charge in [-0.05, 0) is 18.6 Å². The minimum Gasteiger partial charge on any atom is -0.459 e. The third-order valence-corrected chi connectivity index (χ3v) is 2.81. The van der Waals surface area contributed by atoms with E-state index in [4.69, 9.17) is 8.94 Å². The summed E-state index contributed by atoms with van der Waals surface area (Å²) in [5.74, 6) is 1.58. The van der Waals surface area contributed by atoms with Crippen molar-refractivity contribution >= 4 is 0 Å². The summed E-state index contributed by atoms with van der Waals surface area (Å²) in [5, 5.41) is 13.3. The fourth-order valence-corrected chi connectivity index (χ4v) is 1.97. The molecule has 6 heteroatoms. The van der Waals surface area contributed by atoms with Gasteiger partial charge >= 0.3 is 0 Å². The Balaban J connectivity index is 1.69. The highest BCUT2D eigenvalue weighted by atomic mass is 16.5. The Hall–Kier alpha value is -1.66. The Labute approximate surface area is 97.8 Å². The van der Waals surface area contributed by atoms with Crippen molar-refractivity contribution < 1.29 is 14.0 Å². The van der Waals surface area contributed by atoms with Crippen LogP contribution in [-0.2, 0) is 6.54 Å². The predicted octanol–water partition coefficient (Wildman–Crippen LogP) is 0.896. The Morgan fingerprint density at radius 1 is 1.53 bits per heavy atom. The van der Waals surface area contributed by atoms with Crippen LogP contribution in [0.2, 0.25) is 0 Å². The number of aliphatic hydroxyl groups is 1. The first-order valence-electron chi connectivity index (χ1n) is 5.58. The summed E-state index contributed by atoms with van der Waals surface area (Å²) in [4.78, 5) is 6.35. The molecule has 6 nitrogen and oxygen atoms in total. The van der Waals surface area contributed by atoms with E-state index in [2.05, 4.69) is 15.0 Å². The van der Waals surface area contributed by atoms with Crippen LogP contribution in [0.25, 0.3) is 11.7 Å². The van der Waals surface area contributed by atoms with E-state index in [1.165, 1.54) is 0 Å². The van der Waals surface area contributed by atoms with Crippen LogP contribution in [0, 0.1) is 0 Å². The molecular weight excluding hydrogens is 222 g/mol. The van der Waals surface area contributed by atoms with Gasteiger partial charge in [0, 0.05) is 13.1 Å². The number of aromatic nitrogens is 2. The van der Waals surface area contributed by atoms with Crippen molar-refractivity contribution in [3.05, 3.63) is 24.2 Å². The van der Waals surface area contributed by atoms with Gasteiger partial charge in [0.1, 0.15) is 0 Å². The minimum absolute atomic E-state index is 0.230. The average Bonchev–Trinajstić information content (AvgIpc) is 3.00. The normalized spacial score (nSPS) is 21.1. The van der Waals surface area contributed by atoms with Crippen LogP contribution in [0.15, 0.2) is 27.3 Å². The van der Waals surface area contributed by atoms with Crippen LogP contribution in [0.4, 0.5) is 0 Å². The number of β-amino-alcohol motifs (C(OH)–C–C–N with tert-alkyl or cyclic N) is 1. The number of furan rings is 1. The first kappa shape index (κ1) is 10.5. The number of aliphatic hydroxyl groups excluding tert-OH is 1. The second-order valence-electron chi connectivity index (χ2n) is 4.17. The molecule has 0 amide bonds. The third-order valence-electron chi connectivity index (χ3n) is 2.81. The molecule has 0 aliphatic carbocycles. The lowest BCUT2D eigenvalue weighted by atomic mass is 10.3. The Kier molecular flexibility index (Phi) is 2.66. The highest BCUT2D eigenvalue weighted by Crippen LogP contribution is 2.18. The molecule has 1 N–H and O–H groups in total. The maximum Gasteiger partial charge on any atom is 0.293 e. The SMILES string of the molecule is OC1CCN(Cc2noc(-c3ccco3)n2)C1. The highest BCUT2D eigenvalue weighted by Gasteiger charge is 2.22. The van der Waals surface area contributed by atoms with Gasteiger partial charge in [-0.2, -0.15) is 4.98 Å². The summed E-state index contributed by atoms with van der Waals surface area (Å²) < 4.78 is 10.3. The van der Waals surface area contributed by atoms with Crippen molar-refractivity contribution in [2.45, 2.75) is 19.1 Å².